The number of likely N-dealkylation sites (tertiary alicyclic amines) is 1. The lowest BCUT2D eigenvalue weighted by Crippen LogP contribution is -2.51. The first kappa shape index (κ1) is 21.4. The van der Waals surface area contributed by atoms with Crippen LogP contribution in [0.2, 0.25) is 0 Å². The van der Waals surface area contributed by atoms with Gasteiger partial charge in [-0.1, -0.05) is 38.1 Å². The van der Waals surface area contributed by atoms with Crippen molar-refractivity contribution >= 4 is 40.9 Å². The minimum Gasteiger partial charge on any atom is -0.341 e. The van der Waals surface area contributed by atoms with Gasteiger partial charge in [0.1, 0.15) is 6.54 Å². The summed E-state index contributed by atoms with van der Waals surface area (Å²) >= 11 is 1.29. The Hall–Kier alpha value is -2.80. The third-order valence-corrected chi connectivity index (χ3v) is 6.93. The molecule has 2 aromatic carbocycles. The Labute approximate surface area is 187 Å². The van der Waals surface area contributed by atoms with Crippen LogP contribution in [0.1, 0.15) is 38.2 Å². The van der Waals surface area contributed by atoms with Crippen LogP contribution in [0, 0.1) is 0 Å². The van der Waals surface area contributed by atoms with Gasteiger partial charge in [0.2, 0.25) is 11.8 Å². The Balaban J connectivity index is 1.51. The summed E-state index contributed by atoms with van der Waals surface area (Å²) < 4.78 is 0. The molecule has 2 aromatic rings. The van der Waals surface area contributed by atoms with Crippen molar-refractivity contribution in [3.05, 3.63) is 54.1 Å². The first-order valence-corrected chi connectivity index (χ1v) is 11.6. The molecule has 2 heterocycles. The van der Waals surface area contributed by atoms with Crippen LogP contribution in [0.3, 0.4) is 0 Å². The Morgan fingerprint density at radius 1 is 1.06 bits per heavy atom. The SMILES string of the molecule is CC(C)c1ccc(NC(=O)CN2C(=O)[C@H](C(=O)N3CCCC3)Sc3ccccc32)cc1. The van der Waals surface area contributed by atoms with E-state index in [9.17, 15) is 14.4 Å². The van der Waals surface area contributed by atoms with E-state index in [0.717, 1.165) is 17.7 Å². The zero-order valence-corrected chi connectivity index (χ0v) is 18.7. The minimum absolute atomic E-state index is 0.133. The zero-order chi connectivity index (χ0) is 22.0. The largest absolute Gasteiger partial charge is 0.341 e. The summed E-state index contributed by atoms with van der Waals surface area (Å²) in [4.78, 5) is 43.1. The van der Waals surface area contributed by atoms with E-state index in [1.807, 2.05) is 48.5 Å². The lowest BCUT2D eigenvalue weighted by molar-refractivity contribution is -0.134. The number of nitrogens with zero attached hydrogens (tertiary/aromatic N) is 2. The highest BCUT2D eigenvalue weighted by Crippen LogP contribution is 2.40. The Morgan fingerprint density at radius 3 is 2.42 bits per heavy atom. The van der Waals surface area contributed by atoms with Crippen LogP contribution >= 0.6 is 11.8 Å². The van der Waals surface area contributed by atoms with E-state index < -0.39 is 5.25 Å². The average molecular weight is 438 g/mol. The lowest BCUT2D eigenvalue weighted by Gasteiger charge is -2.34. The van der Waals surface area contributed by atoms with Crippen LogP contribution in [-0.4, -0.2) is 47.5 Å². The molecule has 1 saturated heterocycles. The normalized spacial score (nSPS) is 18.3. The van der Waals surface area contributed by atoms with Gasteiger partial charge in [0.05, 0.1) is 5.69 Å². The van der Waals surface area contributed by atoms with Crippen molar-refractivity contribution in [2.24, 2.45) is 0 Å². The van der Waals surface area contributed by atoms with Gasteiger partial charge in [0.15, 0.2) is 5.25 Å². The van der Waals surface area contributed by atoms with Gasteiger partial charge in [0.25, 0.3) is 5.91 Å². The Morgan fingerprint density at radius 2 is 1.74 bits per heavy atom. The van der Waals surface area contributed by atoms with Crippen LogP contribution < -0.4 is 10.2 Å². The second-order valence-corrected chi connectivity index (χ2v) is 9.39. The predicted molar refractivity (Wildman–Crippen MR) is 123 cm³/mol. The fraction of sp³-hybridized carbons (Fsp3) is 0.375. The quantitative estimate of drug-likeness (QED) is 0.721. The molecule has 6 nitrogen and oxygen atoms in total. The molecule has 3 amide bonds. The number of carbonyl (C=O) groups excluding carboxylic acids is 3. The zero-order valence-electron chi connectivity index (χ0n) is 17.8. The van der Waals surface area contributed by atoms with E-state index in [1.165, 1.54) is 22.2 Å². The van der Waals surface area contributed by atoms with Crippen molar-refractivity contribution in [3.63, 3.8) is 0 Å². The number of para-hydroxylation sites is 1. The van der Waals surface area contributed by atoms with E-state index in [1.54, 1.807) is 4.90 Å². The van der Waals surface area contributed by atoms with E-state index in [-0.39, 0.29) is 24.3 Å². The predicted octanol–water partition coefficient (Wildman–Crippen LogP) is 3.88. The number of carbonyl (C=O) groups is 3. The summed E-state index contributed by atoms with van der Waals surface area (Å²) in [6.07, 6.45) is 1.94. The van der Waals surface area contributed by atoms with E-state index in [4.69, 9.17) is 0 Å². The standard InChI is InChI=1S/C24H27N3O3S/c1-16(2)17-9-11-18(12-10-17)25-21(28)15-27-19-7-3-4-8-20(19)31-22(24(27)30)23(29)26-13-5-6-14-26/h3-4,7-12,16,22H,5-6,13-15H2,1-2H3,(H,25,28)/t22-/m0/s1. The molecular weight excluding hydrogens is 410 g/mol. The molecule has 0 aromatic heterocycles. The summed E-state index contributed by atoms with van der Waals surface area (Å²) in [5.41, 5.74) is 2.55. The molecule has 0 spiro atoms. The van der Waals surface area contributed by atoms with Crippen molar-refractivity contribution in [3.8, 4) is 0 Å². The van der Waals surface area contributed by atoms with Gasteiger partial charge in [-0.15, -0.1) is 11.8 Å². The minimum atomic E-state index is -0.842. The van der Waals surface area contributed by atoms with Crippen LogP contribution in [0.15, 0.2) is 53.4 Å². The Kier molecular flexibility index (Phi) is 6.32. The molecule has 31 heavy (non-hydrogen) atoms. The molecule has 0 radical (unpaired) electrons. The van der Waals surface area contributed by atoms with Gasteiger partial charge in [-0.25, -0.2) is 0 Å². The van der Waals surface area contributed by atoms with Crippen molar-refractivity contribution in [2.45, 2.75) is 42.8 Å². The van der Waals surface area contributed by atoms with Gasteiger partial charge in [0, 0.05) is 23.7 Å². The van der Waals surface area contributed by atoms with E-state index in [2.05, 4.69) is 19.2 Å². The molecule has 1 fully saturated rings. The van der Waals surface area contributed by atoms with Crippen molar-refractivity contribution in [1.82, 2.24) is 4.90 Å². The topological polar surface area (TPSA) is 69.7 Å². The van der Waals surface area contributed by atoms with Crippen LogP contribution in [0.5, 0.6) is 0 Å². The highest BCUT2D eigenvalue weighted by Gasteiger charge is 2.41. The number of hydrogen-bond acceptors (Lipinski definition) is 4. The van der Waals surface area contributed by atoms with Crippen LogP contribution in [0.25, 0.3) is 0 Å². The molecule has 162 valence electrons. The van der Waals surface area contributed by atoms with Gasteiger partial charge in [-0.3, -0.25) is 14.4 Å². The summed E-state index contributed by atoms with van der Waals surface area (Å²) in [7, 11) is 0. The number of rotatable bonds is 5. The molecular formula is C24H27N3O3S. The van der Waals surface area contributed by atoms with E-state index >= 15 is 0 Å². The van der Waals surface area contributed by atoms with Crippen molar-refractivity contribution < 1.29 is 14.4 Å². The maximum atomic E-state index is 13.3. The highest BCUT2D eigenvalue weighted by molar-refractivity contribution is 8.01. The van der Waals surface area contributed by atoms with Crippen molar-refractivity contribution in [2.75, 3.05) is 29.9 Å². The number of thioether (sulfide) groups is 1. The monoisotopic (exact) mass is 437 g/mol. The molecule has 7 heteroatoms. The lowest BCUT2D eigenvalue weighted by atomic mass is 10.0. The molecule has 0 bridgehead atoms. The molecule has 0 aliphatic carbocycles. The van der Waals surface area contributed by atoms with Crippen LogP contribution in [0.4, 0.5) is 11.4 Å². The summed E-state index contributed by atoms with van der Waals surface area (Å²) in [6, 6.07) is 15.2. The number of fused-ring (bicyclic) bond motifs is 1. The number of amides is 3. The molecule has 4 rings (SSSR count). The van der Waals surface area contributed by atoms with Gasteiger partial charge >= 0.3 is 0 Å². The molecule has 1 N–H and O–H groups in total. The number of nitrogens with one attached hydrogen (secondary N) is 1. The first-order chi connectivity index (χ1) is 14.9. The number of anilines is 2. The third-order valence-electron chi connectivity index (χ3n) is 5.70. The van der Waals surface area contributed by atoms with Crippen LogP contribution in [-0.2, 0) is 14.4 Å². The second kappa shape index (κ2) is 9.14. The first-order valence-electron chi connectivity index (χ1n) is 10.7. The van der Waals surface area contributed by atoms with E-state index in [0.29, 0.717) is 30.4 Å². The maximum Gasteiger partial charge on any atom is 0.250 e. The van der Waals surface area contributed by atoms with Gasteiger partial charge in [-0.2, -0.15) is 0 Å². The smallest absolute Gasteiger partial charge is 0.250 e. The highest BCUT2D eigenvalue weighted by atomic mass is 32.2. The summed E-state index contributed by atoms with van der Waals surface area (Å²) in [5, 5.41) is 2.03. The summed E-state index contributed by atoms with van der Waals surface area (Å²) in [5.74, 6) is -0.364. The molecule has 0 saturated carbocycles. The van der Waals surface area contributed by atoms with Gasteiger partial charge in [-0.05, 0) is 48.6 Å². The number of benzene rings is 2. The van der Waals surface area contributed by atoms with Gasteiger partial charge < -0.3 is 15.1 Å². The third kappa shape index (κ3) is 4.61. The number of hydrogen-bond donors (Lipinski definition) is 1. The Bertz CT molecular complexity index is 984. The summed E-state index contributed by atoms with van der Waals surface area (Å²) in [6.45, 7) is 5.48. The second-order valence-electron chi connectivity index (χ2n) is 8.25. The molecule has 2 aliphatic rings. The van der Waals surface area contributed by atoms with Crippen molar-refractivity contribution in [1.29, 1.82) is 0 Å². The maximum absolute atomic E-state index is 13.3. The fourth-order valence-corrected chi connectivity index (χ4v) is 5.12. The molecule has 2 aliphatic heterocycles. The molecule has 0 unspecified atom stereocenters. The molecule has 1 atom stereocenters. The average Bonchev–Trinajstić information content (AvgIpc) is 3.30. The fourth-order valence-electron chi connectivity index (χ4n) is 3.94.